The average molecular weight is 283 g/mol. The Morgan fingerprint density at radius 1 is 1.14 bits per heavy atom. The van der Waals surface area contributed by atoms with Crippen LogP contribution in [0.25, 0.3) is 0 Å². The molecule has 0 fully saturated rings. The first-order chi connectivity index (χ1) is 10.3. The van der Waals surface area contributed by atoms with E-state index in [1.165, 1.54) is 0 Å². The van der Waals surface area contributed by atoms with Gasteiger partial charge in [-0.15, -0.1) is 0 Å². The Morgan fingerprint density at radius 3 is 2.57 bits per heavy atom. The zero-order valence-corrected chi connectivity index (χ0v) is 12.5. The van der Waals surface area contributed by atoms with Gasteiger partial charge in [-0.3, -0.25) is 9.78 Å². The quantitative estimate of drug-likeness (QED) is 0.885. The smallest absolute Gasteiger partial charge is 0.256 e. The van der Waals surface area contributed by atoms with Crippen molar-refractivity contribution in [1.29, 1.82) is 0 Å². The van der Waals surface area contributed by atoms with Crippen molar-refractivity contribution in [2.75, 3.05) is 18.4 Å². The number of hydrogen-bond acceptors (Lipinski definition) is 3. The molecule has 4 nitrogen and oxygen atoms in total. The van der Waals surface area contributed by atoms with E-state index < -0.39 is 0 Å². The number of nitrogens with one attached hydrogen (secondary N) is 1. The molecule has 4 heteroatoms. The van der Waals surface area contributed by atoms with Gasteiger partial charge < -0.3 is 10.2 Å². The minimum Gasteiger partial charge on any atom is -0.385 e. The fourth-order valence-corrected chi connectivity index (χ4v) is 2.20. The van der Waals surface area contributed by atoms with Gasteiger partial charge in [-0.1, -0.05) is 18.2 Å². The zero-order valence-electron chi connectivity index (χ0n) is 12.5. The van der Waals surface area contributed by atoms with Gasteiger partial charge >= 0.3 is 0 Å². The number of carbonyl (C=O) groups excluding carboxylic acids is 1. The molecule has 0 unspecified atom stereocenters. The maximum atomic E-state index is 12.7. The van der Waals surface area contributed by atoms with Crippen LogP contribution >= 0.6 is 0 Å². The molecule has 1 aromatic carbocycles. The van der Waals surface area contributed by atoms with Crippen LogP contribution in [0, 0.1) is 0 Å². The van der Waals surface area contributed by atoms with E-state index in [1.54, 1.807) is 11.1 Å². The van der Waals surface area contributed by atoms with Crippen LogP contribution in [0.1, 0.15) is 29.9 Å². The highest BCUT2D eigenvalue weighted by molar-refractivity contribution is 5.99. The summed E-state index contributed by atoms with van der Waals surface area (Å²) >= 11 is 0. The Hall–Kier alpha value is -2.36. The predicted molar refractivity (Wildman–Crippen MR) is 85.3 cm³/mol. The van der Waals surface area contributed by atoms with Crippen molar-refractivity contribution in [2.24, 2.45) is 0 Å². The summed E-state index contributed by atoms with van der Waals surface area (Å²) in [6.45, 7) is 5.96. The minimum atomic E-state index is 0.0275. The standard InChI is InChI=1S/C17H21N3O/c1-3-18-16-11-6-5-10-15(16)17(21)20(4-2)13-14-9-7-8-12-19-14/h5-12,18H,3-4,13H2,1-2H3. The van der Waals surface area contributed by atoms with Crippen molar-refractivity contribution in [3.8, 4) is 0 Å². The lowest BCUT2D eigenvalue weighted by molar-refractivity contribution is 0.0751. The summed E-state index contributed by atoms with van der Waals surface area (Å²) in [7, 11) is 0. The summed E-state index contributed by atoms with van der Waals surface area (Å²) in [5, 5.41) is 3.24. The van der Waals surface area contributed by atoms with E-state index in [-0.39, 0.29) is 5.91 Å². The van der Waals surface area contributed by atoms with Crippen LogP contribution in [0.2, 0.25) is 0 Å². The van der Waals surface area contributed by atoms with Crippen molar-refractivity contribution in [3.63, 3.8) is 0 Å². The summed E-state index contributed by atoms with van der Waals surface area (Å²) in [6.07, 6.45) is 1.75. The highest BCUT2D eigenvalue weighted by Gasteiger charge is 2.17. The Labute approximate surface area is 125 Å². The van der Waals surface area contributed by atoms with Gasteiger partial charge in [0.05, 0.1) is 17.8 Å². The van der Waals surface area contributed by atoms with Gasteiger partial charge in [0.25, 0.3) is 5.91 Å². The van der Waals surface area contributed by atoms with E-state index in [2.05, 4.69) is 10.3 Å². The van der Waals surface area contributed by atoms with Crippen molar-refractivity contribution < 1.29 is 4.79 Å². The van der Waals surface area contributed by atoms with Crippen LogP contribution in [-0.2, 0) is 6.54 Å². The zero-order chi connectivity index (χ0) is 15.1. The number of benzene rings is 1. The van der Waals surface area contributed by atoms with Gasteiger partial charge in [0.2, 0.25) is 0 Å². The second-order valence-electron chi connectivity index (χ2n) is 4.72. The molecule has 21 heavy (non-hydrogen) atoms. The lowest BCUT2D eigenvalue weighted by Crippen LogP contribution is -2.31. The van der Waals surface area contributed by atoms with Crippen molar-refractivity contribution >= 4 is 11.6 Å². The summed E-state index contributed by atoms with van der Waals surface area (Å²) < 4.78 is 0. The second kappa shape index (κ2) is 7.43. The Balaban J connectivity index is 2.20. The van der Waals surface area contributed by atoms with Gasteiger partial charge in [0.15, 0.2) is 0 Å². The Kier molecular flexibility index (Phi) is 5.32. The first-order valence-electron chi connectivity index (χ1n) is 7.28. The van der Waals surface area contributed by atoms with Crippen LogP contribution in [0.5, 0.6) is 0 Å². The molecule has 0 saturated carbocycles. The number of rotatable bonds is 6. The third kappa shape index (κ3) is 3.81. The summed E-state index contributed by atoms with van der Waals surface area (Å²) in [6, 6.07) is 13.4. The van der Waals surface area contributed by atoms with E-state index in [0.717, 1.165) is 17.9 Å². The van der Waals surface area contributed by atoms with Crippen molar-refractivity contribution in [2.45, 2.75) is 20.4 Å². The highest BCUT2D eigenvalue weighted by Crippen LogP contribution is 2.18. The molecule has 0 aliphatic carbocycles. The van der Waals surface area contributed by atoms with Gasteiger partial charge in [-0.05, 0) is 38.1 Å². The fourth-order valence-electron chi connectivity index (χ4n) is 2.20. The van der Waals surface area contributed by atoms with E-state index >= 15 is 0 Å². The molecular weight excluding hydrogens is 262 g/mol. The summed E-state index contributed by atoms with van der Waals surface area (Å²) in [4.78, 5) is 18.8. The van der Waals surface area contributed by atoms with Crippen LogP contribution in [0.4, 0.5) is 5.69 Å². The number of aromatic nitrogens is 1. The molecule has 0 spiro atoms. The number of pyridine rings is 1. The van der Waals surface area contributed by atoms with Crippen LogP contribution in [0.15, 0.2) is 48.7 Å². The molecule has 0 bridgehead atoms. The molecule has 0 atom stereocenters. The maximum Gasteiger partial charge on any atom is 0.256 e. The molecule has 1 amide bonds. The molecule has 0 aliphatic rings. The van der Waals surface area contributed by atoms with Crippen molar-refractivity contribution in [1.82, 2.24) is 9.88 Å². The second-order valence-corrected chi connectivity index (χ2v) is 4.72. The molecule has 2 rings (SSSR count). The molecule has 1 heterocycles. The van der Waals surface area contributed by atoms with Crippen molar-refractivity contribution in [3.05, 3.63) is 59.9 Å². The molecule has 110 valence electrons. The number of hydrogen-bond donors (Lipinski definition) is 1. The lowest BCUT2D eigenvalue weighted by Gasteiger charge is -2.22. The summed E-state index contributed by atoms with van der Waals surface area (Å²) in [5.41, 5.74) is 2.48. The third-order valence-electron chi connectivity index (χ3n) is 3.27. The SMILES string of the molecule is CCNc1ccccc1C(=O)N(CC)Cc1ccccn1. The average Bonchev–Trinajstić information content (AvgIpc) is 2.54. The third-order valence-corrected chi connectivity index (χ3v) is 3.27. The number of para-hydroxylation sites is 1. The topological polar surface area (TPSA) is 45.2 Å². The number of nitrogens with zero attached hydrogens (tertiary/aromatic N) is 2. The first kappa shape index (κ1) is 15.0. The highest BCUT2D eigenvalue weighted by atomic mass is 16.2. The van der Waals surface area contributed by atoms with E-state index in [4.69, 9.17) is 0 Å². The van der Waals surface area contributed by atoms with Gasteiger partial charge in [0, 0.05) is 25.0 Å². The first-order valence-corrected chi connectivity index (χ1v) is 7.28. The van der Waals surface area contributed by atoms with Crippen LogP contribution < -0.4 is 5.32 Å². The van der Waals surface area contributed by atoms with E-state index in [9.17, 15) is 4.79 Å². The molecule has 2 aromatic rings. The predicted octanol–water partition coefficient (Wildman–Crippen LogP) is 3.18. The molecular formula is C17H21N3O. The molecule has 1 aromatic heterocycles. The number of amides is 1. The lowest BCUT2D eigenvalue weighted by atomic mass is 10.1. The summed E-state index contributed by atoms with van der Waals surface area (Å²) in [5.74, 6) is 0.0275. The van der Waals surface area contributed by atoms with Crippen LogP contribution in [-0.4, -0.2) is 28.9 Å². The number of anilines is 1. The fraction of sp³-hybridized carbons (Fsp3) is 0.294. The van der Waals surface area contributed by atoms with Gasteiger partial charge in [0.1, 0.15) is 0 Å². The molecule has 0 aliphatic heterocycles. The Morgan fingerprint density at radius 2 is 1.90 bits per heavy atom. The molecule has 1 N–H and O–H groups in total. The van der Waals surface area contributed by atoms with E-state index in [1.807, 2.05) is 56.3 Å². The molecule has 0 saturated heterocycles. The Bertz CT molecular complexity index is 584. The normalized spacial score (nSPS) is 10.2. The van der Waals surface area contributed by atoms with E-state index in [0.29, 0.717) is 18.7 Å². The molecule has 0 radical (unpaired) electrons. The maximum absolute atomic E-state index is 12.7. The number of carbonyl (C=O) groups is 1. The van der Waals surface area contributed by atoms with Gasteiger partial charge in [-0.2, -0.15) is 0 Å². The largest absolute Gasteiger partial charge is 0.385 e. The van der Waals surface area contributed by atoms with Crippen LogP contribution in [0.3, 0.4) is 0 Å². The minimum absolute atomic E-state index is 0.0275. The van der Waals surface area contributed by atoms with Gasteiger partial charge in [-0.25, -0.2) is 0 Å². The monoisotopic (exact) mass is 283 g/mol.